The van der Waals surface area contributed by atoms with Crippen LogP contribution in [0.15, 0.2) is 65.0 Å². The van der Waals surface area contributed by atoms with Gasteiger partial charge in [0.2, 0.25) is 0 Å². The van der Waals surface area contributed by atoms with Gasteiger partial charge in [-0.2, -0.15) is 5.11 Å². The van der Waals surface area contributed by atoms with Crippen LogP contribution in [-0.4, -0.2) is 27.8 Å². The Hall–Kier alpha value is -3.75. The molecule has 0 bridgehead atoms. The van der Waals surface area contributed by atoms with Crippen LogP contribution in [0.3, 0.4) is 0 Å². The van der Waals surface area contributed by atoms with E-state index in [4.69, 9.17) is 0 Å². The minimum Gasteiger partial charge on any atom is -0.368 e. The van der Waals surface area contributed by atoms with Crippen molar-refractivity contribution in [3.63, 3.8) is 0 Å². The van der Waals surface area contributed by atoms with Gasteiger partial charge in [-0.15, -0.1) is 10.2 Å². The topological polar surface area (TPSA) is 105 Å². The zero-order valence-electron chi connectivity index (χ0n) is 16.6. The number of halogens is 1. The molecule has 2 aliphatic rings. The number of hydrogen-bond acceptors (Lipinski definition) is 6. The van der Waals surface area contributed by atoms with E-state index in [1.54, 1.807) is 12.3 Å². The minimum absolute atomic E-state index is 0.261. The SMILES string of the molecule is O=C1N=NC(c2cccc(-c3ccc(NCC4(c5ncccc5F)CCC4)nn3)c2)N1. The maximum atomic E-state index is 14.3. The number of nitrogens with one attached hydrogen (secondary N) is 2. The summed E-state index contributed by atoms with van der Waals surface area (Å²) in [5.74, 6) is 0.364. The Morgan fingerprint density at radius 3 is 2.71 bits per heavy atom. The third-order valence-corrected chi connectivity index (χ3v) is 5.87. The normalized spacial score (nSPS) is 19.0. The summed E-state index contributed by atoms with van der Waals surface area (Å²) in [6, 6.07) is 13.9. The van der Waals surface area contributed by atoms with Gasteiger partial charge in [0.05, 0.1) is 11.4 Å². The van der Waals surface area contributed by atoms with Crippen molar-refractivity contribution in [2.45, 2.75) is 30.8 Å². The van der Waals surface area contributed by atoms with Crippen molar-refractivity contribution >= 4 is 11.8 Å². The Morgan fingerprint density at radius 2 is 2.03 bits per heavy atom. The van der Waals surface area contributed by atoms with E-state index in [0.717, 1.165) is 30.4 Å². The first kappa shape index (κ1) is 19.2. The second kappa shape index (κ2) is 7.82. The number of rotatable bonds is 6. The number of carbonyl (C=O) groups is 1. The first-order valence-electron chi connectivity index (χ1n) is 10.1. The summed E-state index contributed by atoms with van der Waals surface area (Å²) in [4.78, 5) is 15.6. The molecule has 3 heterocycles. The van der Waals surface area contributed by atoms with Crippen LogP contribution in [-0.2, 0) is 5.41 Å². The van der Waals surface area contributed by atoms with E-state index in [2.05, 4.69) is 36.0 Å². The lowest BCUT2D eigenvalue weighted by atomic mass is 9.66. The van der Waals surface area contributed by atoms with Gasteiger partial charge in [0, 0.05) is 23.7 Å². The van der Waals surface area contributed by atoms with Gasteiger partial charge in [-0.3, -0.25) is 4.98 Å². The van der Waals surface area contributed by atoms with Crippen molar-refractivity contribution in [2.24, 2.45) is 10.2 Å². The van der Waals surface area contributed by atoms with Crippen LogP contribution >= 0.6 is 0 Å². The smallest absolute Gasteiger partial charge is 0.361 e. The maximum absolute atomic E-state index is 14.3. The molecule has 1 saturated carbocycles. The predicted octanol–water partition coefficient (Wildman–Crippen LogP) is 4.39. The van der Waals surface area contributed by atoms with Crippen LogP contribution in [0.4, 0.5) is 15.0 Å². The highest BCUT2D eigenvalue weighted by Gasteiger charge is 2.41. The van der Waals surface area contributed by atoms with Crippen LogP contribution < -0.4 is 10.6 Å². The van der Waals surface area contributed by atoms with Gasteiger partial charge < -0.3 is 10.6 Å². The molecular formula is C22H20FN7O. The second-order valence-electron chi connectivity index (χ2n) is 7.82. The molecule has 0 saturated heterocycles. The average Bonchev–Trinajstić information content (AvgIpc) is 3.21. The fourth-order valence-corrected chi connectivity index (χ4v) is 4.02. The molecule has 1 aromatic carbocycles. The van der Waals surface area contributed by atoms with Crippen LogP contribution in [0.25, 0.3) is 11.3 Å². The summed E-state index contributed by atoms with van der Waals surface area (Å²) < 4.78 is 14.3. The van der Waals surface area contributed by atoms with Crippen molar-refractivity contribution in [3.8, 4) is 11.3 Å². The van der Waals surface area contributed by atoms with Crippen LogP contribution in [0.5, 0.6) is 0 Å². The van der Waals surface area contributed by atoms with Crippen molar-refractivity contribution in [1.82, 2.24) is 20.5 Å². The summed E-state index contributed by atoms with van der Waals surface area (Å²) in [5.41, 5.74) is 2.59. The molecule has 1 atom stereocenters. The van der Waals surface area contributed by atoms with Gasteiger partial charge in [-0.05, 0) is 48.7 Å². The molecule has 1 aliphatic heterocycles. The quantitative estimate of drug-likeness (QED) is 0.619. The van der Waals surface area contributed by atoms with E-state index in [9.17, 15) is 9.18 Å². The number of pyridine rings is 1. The van der Waals surface area contributed by atoms with Gasteiger partial charge in [0.25, 0.3) is 0 Å². The Kier molecular flexibility index (Phi) is 4.85. The van der Waals surface area contributed by atoms with E-state index < -0.39 is 12.2 Å². The Morgan fingerprint density at radius 1 is 1.13 bits per heavy atom. The average molecular weight is 417 g/mol. The highest BCUT2D eigenvalue weighted by molar-refractivity contribution is 5.76. The van der Waals surface area contributed by atoms with E-state index in [1.165, 1.54) is 6.07 Å². The van der Waals surface area contributed by atoms with Gasteiger partial charge in [0.15, 0.2) is 6.17 Å². The third kappa shape index (κ3) is 3.74. The Bertz CT molecular complexity index is 1140. The molecule has 1 aliphatic carbocycles. The Labute approximate surface area is 178 Å². The van der Waals surface area contributed by atoms with Gasteiger partial charge in [-0.1, -0.05) is 29.7 Å². The van der Waals surface area contributed by atoms with Crippen molar-refractivity contribution in [1.29, 1.82) is 0 Å². The molecule has 9 heteroatoms. The monoisotopic (exact) mass is 417 g/mol. The van der Waals surface area contributed by atoms with Crippen LogP contribution in [0.1, 0.15) is 36.7 Å². The third-order valence-electron chi connectivity index (χ3n) is 5.87. The minimum atomic E-state index is -0.480. The number of azo groups is 1. The molecular weight excluding hydrogens is 397 g/mol. The highest BCUT2D eigenvalue weighted by atomic mass is 19.1. The largest absolute Gasteiger partial charge is 0.368 e. The zero-order valence-corrected chi connectivity index (χ0v) is 16.6. The standard InChI is InChI=1S/C22H20FN7O/c23-16-6-2-11-24-19(16)22(9-3-10-22)13-25-18-8-7-17(27-28-18)14-4-1-5-15(12-14)20-26-21(31)30-29-20/h1-2,4-8,11-12,20H,3,9-10,13H2,(H,25,28)(H,26,31). The van der Waals surface area contributed by atoms with Crippen LogP contribution in [0, 0.1) is 5.82 Å². The first-order chi connectivity index (χ1) is 15.1. The first-order valence-corrected chi connectivity index (χ1v) is 10.1. The van der Waals surface area contributed by atoms with Gasteiger partial charge >= 0.3 is 6.03 Å². The molecule has 2 aromatic heterocycles. The number of anilines is 1. The van der Waals surface area contributed by atoms with Crippen molar-refractivity contribution in [3.05, 3.63) is 71.8 Å². The molecule has 5 rings (SSSR count). The lowest BCUT2D eigenvalue weighted by Gasteiger charge is -2.41. The Balaban J connectivity index is 1.29. The molecule has 31 heavy (non-hydrogen) atoms. The van der Waals surface area contributed by atoms with Crippen LogP contribution in [0.2, 0.25) is 0 Å². The fraction of sp³-hybridized carbons (Fsp3) is 0.273. The fourth-order valence-electron chi connectivity index (χ4n) is 4.02. The number of aromatic nitrogens is 3. The zero-order chi connectivity index (χ0) is 21.3. The summed E-state index contributed by atoms with van der Waals surface area (Å²) in [6.45, 7) is 0.552. The maximum Gasteiger partial charge on any atom is 0.361 e. The summed E-state index contributed by atoms with van der Waals surface area (Å²) in [6.07, 6.45) is 3.99. The number of nitrogens with zero attached hydrogens (tertiary/aromatic N) is 5. The van der Waals surface area contributed by atoms with E-state index >= 15 is 0 Å². The molecule has 1 unspecified atom stereocenters. The molecule has 8 nitrogen and oxygen atoms in total. The molecule has 156 valence electrons. The van der Waals surface area contributed by atoms with E-state index in [-0.39, 0.29) is 11.2 Å². The van der Waals surface area contributed by atoms with E-state index in [0.29, 0.717) is 23.8 Å². The number of benzene rings is 1. The molecule has 3 aromatic rings. The van der Waals surface area contributed by atoms with E-state index in [1.807, 2.05) is 36.4 Å². The number of hydrogen-bond donors (Lipinski definition) is 2. The lowest BCUT2D eigenvalue weighted by Crippen LogP contribution is -2.42. The van der Waals surface area contributed by atoms with Gasteiger partial charge in [-0.25, -0.2) is 9.18 Å². The lowest BCUT2D eigenvalue weighted by molar-refractivity contribution is 0.243. The molecule has 1 fully saturated rings. The van der Waals surface area contributed by atoms with Crippen molar-refractivity contribution < 1.29 is 9.18 Å². The van der Waals surface area contributed by atoms with Gasteiger partial charge in [0.1, 0.15) is 11.6 Å². The molecule has 0 radical (unpaired) electrons. The summed E-state index contributed by atoms with van der Waals surface area (Å²) in [7, 11) is 0. The molecule has 2 N–H and O–H groups in total. The molecule has 0 spiro atoms. The summed E-state index contributed by atoms with van der Waals surface area (Å²) >= 11 is 0. The number of carbonyl (C=O) groups excluding carboxylic acids is 1. The highest BCUT2D eigenvalue weighted by Crippen LogP contribution is 2.43. The number of urea groups is 1. The number of amides is 2. The predicted molar refractivity (Wildman–Crippen MR) is 112 cm³/mol. The summed E-state index contributed by atoms with van der Waals surface area (Å²) in [5, 5.41) is 22.0. The second-order valence-corrected chi connectivity index (χ2v) is 7.82. The van der Waals surface area contributed by atoms with Crippen molar-refractivity contribution in [2.75, 3.05) is 11.9 Å². The molecule has 2 amide bonds.